The summed E-state index contributed by atoms with van der Waals surface area (Å²) in [5, 5.41) is 9.80. The summed E-state index contributed by atoms with van der Waals surface area (Å²) >= 11 is 0. The van der Waals surface area contributed by atoms with Crippen LogP contribution in [0, 0.1) is 0 Å². The van der Waals surface area contributed by atoms with Crippen LogP contribution in [-0.2, 0) is 16.1 Å². The molecule has 0 radical (unpaired) electrons. The molecule has 8 nitrogen and oxygen atoms in total. The monoisotopic (exact) mass is 367 g/mol. The summed E-state index contributed by atoms with van der Waals surface area (Å²) in [6.07, 6.45) is 6.63. The molecule has 1 spiro atoms. The van der Waals surface area contributed by atoms with Gasteiger partial charge in [-0.15, -0.1) is 0 Å². The van der Waals surface area contributed by atoms with E-state index in [0.29, 0.717) is 12.8 Å². The molecule has 140 valence electrons. The highest BCUT2D eigenvalue weighted by Gasteiger charge is 2.52. The first kappa shape index (κ1) is 17.3. The minimum Gasteiger partial charge on any atom is -0.350 e. The van der Waals surface area contributed by atoms with Crippen LogP contribution in [0.2, 0.25) is 0 Å². The Morgan fingerprint density at radius 3 is 2.67 bits per heavy atom. The average Bonchev–Trinajstić information content (AvgIpc) is 3.39. The van der Waals surface area contributed by atoms with Crippen LogP contribution in [0.5, 0.6) is 0 Å². The fourth-order valence-corrected chi connectivity index (χ4v) is 3.71. The third kappa shape index (κ3) is 3.30. The van der Waals surface area contributed by atoms with E-state index in [1.165, 1.54) is 0 Å². The standard InChI is InChI=1S/C19H21N5O3/c25-16(13-23-17(26)19(22-18(23)27)8-4-5-9-19)20-10-14-11-21-24(12-14)15-6-2-1-3-7-15/h1-3,6-7,11-12H,4-5,8-10,13H2,(H,20,25)(H,22,27). The highest BCUT2D eigenvalue weighted by molar-refractivity contribution is 6.09. The Morgan fingerprint density at radius 1 is 1.19 bits per heavy atom. The molecule has 2 aromatic rings. The Balaban J connectivity index is 1.33. The fourth-order valence-electron chi connectivity index (χ4n) is 3.71. The number of hydrogen-bond acceptors (Lipinski definition) is 4. The van der Waals surface area contributed by atoms with E-state index in [0.717, 1.165) is 29.0 Å². The van der Waals surface area contributed by atoms with Crippen molar-refractivity contribution in [3.05, 3.63) is 48.3 Å². The highest BCUT2D eigenvalue weighted by atomic mass is 16.2. The van der Waals surface area contributed by atoms with Crippen molar-refractivity contribution in [3.8, 4) is 5.69 Å². The molecular weight excluding hydrogens is 346 g/mol. The van der Waals surface area contributed by atoms with Crippen molar-refractivity contribution >= 4 is 17.8 Å². The van der Waals surface area contributed by atoms with Gasteiger partial charge in [-0.3, -0.25) is 14.5 Å². The van der Waals surface area contributed by atoms with Crippen LogP contribution < -0.4 is 10.6 Å². The lowest BCUT2D eigenvalue weighted by Gasteiger charge is -2.19. The Bertz CT molecular complexity index is 870. The second kappa shape index (κ2) is 6.86. The number of imide groups is 1. The molecule has 1 saturated carbocycles. The fraction of sp³-hybridized carbons (Fsp3) is 0.368. The summed E-state index contributed by atoms with van der Waals surface area (Å²) in [4.78, 5) is 37.9. The minimum atomic E-state index is -0.784. The third-order valence-electron chi connectivity index (χ3n) is 5.15. The van der Waals surface area contributed by atoms with E-state index in [1.54, 1.807) is 10.9 Å². The first-order valence-electron chi connectivity index (χ1n) is 9.07. The molecular formula is C19H21N5O3. The zero-order chi connectivity index (χ0) is 18.9. The molecule has 8 heteroatoms. The van der Waals surface area contributed by atoms with Gasteiger partial charge < -0.3 is 10.6 Å². The van der Waals surface area contributed by atoms with Gasteiger partial charge in [0.15, 0.2) is 0 Å². The van der Waals surface area contributed by atoms with Gasteiger partial charge in [0.1, 0.15) is 12.1 Å². The second-order valence-corrected chi connectivity index (χ2v) is 7.02. The first-order chi connectivity index (χ1) is 13.1. The van der Waals surface area contributed by atoms with E-state index < -0.39 is 11.6 Å². The number of amides is 4. The van der Waals surface area contributed by atoms with Gasteiger partial charge >= 0.3 is 6.03 Å². The SMILES string of the molecule is O=C(CN1C(=O)NC2(CCCC2)C1=O)NCc1cnn(-c2ccccc2)c1. The largest absolute Gasteiger partial charge is 0.350 e. The Hall–Kier alpha value is -3.16. The number of hydrogen-bond donors (Lipinski definition) is 2. The summed E-state index contributed by atoms with van der Waals surface area (Å²) in [5.41, 5.74) is 0.974. The van der Waals surface area contributed by atoms with E-state index in [1.807, 2.05) is 36.5 Å². The molecule has 2 heterocycles. The number of carbonyl (C=O) groups is 3. The van der Waals surface area contributed by atoms with Crippen molar-refractivity contribution in [1.29, 1.82) is 0 Å². The van der Waals surface area contributed by atoms with Crippen molar-refractivity contribution in [2.24, 2.45) is 0 Å². The smallest absolute Gasteiger partial charge is 0.325 e. The van der Waals surface area contributed by atoms with Crippen LogP contribution in [-0.4, -0.2) is 44.6 Å². The zero-order valence-electron chi connectivity index (χ0n) is 14.9. The minimum absolute atomic E-state index is 0.265. The molecule has 0 bridgehead atoms. The van der Waals surface area contributed by atoms with Crippen LogP contribution in [0.1, 0.15) is 31.2 Å². The van der Waals surface area contributed by atoms with Crippen molar-refractivity contribution in [2.75, 3.05) is 6.54 Å². The number of nitrogens with one attached hydrogen (secondary N) is 2. The molecule has 4 amide bonds. The van der Waals surface area contributed by atoms with Crippen LogP contribution in [0.25, 0.3) is 5.69 Å². The van der Waals surface area contributed by atoms with Crippen molar-refractivity contribution in [3.63, 3.8) is 0 Å². The van der Waals surface area contributed by atoms with E-state index >= 15 is 0 Å². The number of carbonyl (C=O) groups excluding carboxylic acids is 3. The molecule has 1 aliphatic carbocycles. The van der Waals surface area contributed by atoms with Crippen LogP contribution in [0.4, 0.5) is 4.79 Å². The lowest BCUT2D eigenvalue weighted by Crippen LogP contribution is -2.45. The topological polar surface area (TPSA) is 96.3 Å². The summed E-state index contributed by atoms with van der Waals surface area (Å²) < 4.78 is 1.72. The molecule has 0 atom stereocenters. The normalized spacial score (nSPS) is 18.1. The van der Waals surface area contributed by atoms with E-state index in [9.17, 15) is 14.4 Å². The van der Waals surface area contributed by atoms with Gasteiger partial charge in [0.25, 0.3) is 5.91 Å². The Labute approximate surface area is 156 Å². The molecule has 2 N–H and O–H groups in total. The lowest BCUT2D eigenvalue weighted by molar-refractivity contribution is -0.134. The molecule has 2 fully saturated rings. The van der Waals surface area contributed by atoms with Crippen LogP contribution in [0.3, 0.4) is 0 Å². The summed E-state index contributed by atoms with van der Waals surface area (Å²) in [7, 11) is 0. The van der Waals surface area contributed by atoms with Gasteiger partial charge in [0, 0.05) is 18.3 Å². The van der Waals surface area contributed by atoms with Crippen molar-refractivity contribution in [2.45, 2.75) is 37.8 Å². The average molecular weight is 367 g/mol. The number of nitrogens with zero attached hydrogens (tertiary/aromatic N) is 3. The van der Waals surface area contributed by atoms with E-state index in [2.05, 4.69) is 15.7 Å². The lowest BCUT2D eigenvalue weighted by atomic mass is 9.98. The summed E-state index contributed by atoms with van der Waals surface area (Å²) in [6.45, 7) is 0.0136. The van der Waals surface area contributed by atoms with Crippen LogP contribution >= 0.6 is 0 Å². The maximum atomic E-state index is 12.6. The van der Waals surface area contributed by atoms with Crippen LogP contribution in [0.15, 0.2) is 42.7 Å². The molecule has 1 saturated heterocycles. The van der Waals surface area contributed by atoms with Crippen molar-refractivity contribution in [1.82, 2.24) is 25.3 Å². The summed E-state index contributed by atoms with van der Waals surface area (Å²) in [5.74, 6) is -0.655. The predicted octanol–water partition coefficient (Wildman–Crippen LogP) is 1.35. The van der Waals surface area contributed by atoms with Gasteiger partial charge in [-0.05, 0) is 25.0 Å². The zero-order valence-corrected chi connectivity index (χ0v) is 14.9. The summed E-state index contributed by atoms with van der Waals surface area (Å²) in [6, 6.07) is 9.17. The van der Waals surface area contributed by atoms with Gasteiger partial charge in [-0.2, -0.15) is 5.10 Å². The van der Waals surface area contributed by atoms with Gasteiger partial charge in [0.2, 0.25) is 5.91 Å². The Kier molecular flexibility index (Phi) is 4.39. The molecule has 2 aliphatic rings. The quantitative estimate of drug-likeness (QED) is 0.780. The van der Waals surface area contributed by atoms with Gasteiger partial charge in [0.05, 0.1) is 11.9 Å². The number of urea groups is 1. The number of aromatic nitrogens is 2. The van der Waals surface area contributed by atoms with E-state index in [4.69, 9.17) is 0 Å². The van der Waals surface area contributed by atoms with Gasteiger partial charge in [-0.1, -0.05) is 31.0 Å². The molecule has 27 heavy (non-hydrogen) atoms. The molecule has 1 aromatic heterocycles. The maximum Gasteiger partial charge on any atom is 0.325 e. The van der Waals surface area contributed by atoms with Crippen molar-refractivity contribution < 1.29 is 14.4 Å². The molecule has 4 rings (SSSR count). The predicted molar refractivity (Wildman–Crippen MR) is 96.9 cm³/mol. The number of para-hydroxylation sites is 1. The number of benzene rings is 1. The first-order valence-corrected chi connectivity index (χ1v) is 9.07. The molecule has 1 aliphatic heterocycles. The second-order valence-electron chi connectivity index (χ2n) is 7.02. The maximum absolute atomic E-state index is 12.6. The third-order valence-corrected chi connectivity index (χ3v) is 5.15. The molecule has 1 aromatic carbocycles. The number of rotatable bonds is 5. The van der Waals surface area contributed by atoms with Gasteiger partial charge in [-0.25, -0.2) is 9.48 Å². The molecule has 0 unspecified atom stereocenters. The Morgan fingerprint density at radius 2 is 1.93 bits per heavy atom. The van der Waals surface area contributed by atoms with E-state index in [-0.39, 0.29) is 24.9 Å². The highest BCUT2D eigenvalue weighted by Crippen LogP contribution is 2.34.